The summed E-state index contributed by atoms with van der Waals surface area (Å²) in [5.74, 6) is 0. The van der Waals surface area contributed by atoms with Crippen LogP contribution >= 0.6 is 24.0 Å². The summed E-state index contributed by atoms with van der Waals surface area (Å²) in [6.07, 6.45) is 0. The molecule has 0 saturated heterocycles. The lowest BCUT2D eigenvalue weighted by Crippen LogP contribution is -2.41. The summed E-state index contributed by atoms with van der Waals surface area (Å²) in [4.78, 5) is 7.83. The molecule has 0 radical (unpaired) electrons. The molecule has 2 aromatic carbocycles. The molecule has 0 spiro atoms. The predicted octanol–water partition coefficient (Wildman–Crippen LogP) is 4.65. The Bertz CT molecular complexity index is 771. The van der Waals surface area contributed by atoms with Gasteiger partial charge in [-0.25, -0.2) is 0 Å². The first kappa shape index (κ1) is 18.2. The molecular weight excluding hydrogens is 346 g/mol. The summed E-state index contributed by atoms with van der Waals surface area (Å²) < 4.78 is 0. The van der Waals surface area contributed by atoms with Crippen molar-refractivity contribution in [2.75, 3.05) is 24.5 Å². The van der Waals surface area contributed by atoms with Crippen molar-refractivity contribution in [3.63, 3.8) is 0 Å². The Balaban J connectivity index is 2.11. The Hall–Kier alpha value is -1.56. The third kappa shape index (κ3) is 3.54. The van der Waals surface area contributed by atoms with Crippen molar-refractivity contribution in [2.24, 2.45) is 5.73 Å². The number of benzene rings is 2. The summed E-state index contributed by atoms with van der Waals surface area (Å²) in [5.41, 5.74) is 9.41. The molecule has 25 heavy (non-hydrogen) atoms. The number of nitrogens with two attached hydrogens (primary N) is 1. The average Bonchev–Trinajstić information content (AvgIpc) is 2.63. The molecular formula is C20H25N3S2. The van der Waals surface area contributed by atoms with Gasteiger partial charge in [0.1, 0.15) is 4.99 Å². The van der Waals surface area contributed by atoms with Crippen molar-refractivity contribution < 1.29 is 0 Å². The molecule has 0 fully saturated rings. The Labute approximate surface area is 160 Å². The van der Waals surface area contributed by atoms with Gasteiger partial charge in [0.05, 0.1) is 11.4 Å². The molecule has 0 amide bonds. The second-order valence-corrected chi connectivity index (χ2v) is 7.81. The maximum Gasteiger partial charge on any atom is 0.106 e. The summed E-state index contributed by atoms with van der Waals surface area (Å²) in [6.45, 7) is 9.81. The smallest absolute Gasteiger partial charge is 0.106 e. The van der Waals surface area contributed by atoms with E-state index in [9.17, 15) is 0 Å². The third-order valence-corrected chi connectivity index (χ3v) is 6.04. The molecule has 3 nitrogen and oxygen atoms in total. The maximum atomic E-state index is 6.06. The van der Waals surface area contributed by atoms with E-state index in [4.69, 9.17) is 18.0 Å². The van der Waals surface area contributed by atoms with Gasteiger partial charge in [-0.1, -0.05) is 56.0 Å². The highest BCUT2D eigenvalue weighted by Gasteiger charge is 2.30. The van der Waals surface area contributed by atoms with Crippen LogP contribution in [0, 0.1) is 0 Å². The van der Waals surface area contributed by atoms with Crippen LogP contribution in [-0.4, -0.2) is 35.6 Å². The number of nitrogens with zero attached hydrogens (tertiary/aromatic N) is 2. The lowest BCUT2D eigenvalue weighted by atomic mass is 10.1. The van der Waals surface area contributed by atoms with Crippen molar-refractivity contribution in [3.8, 4) is 0 Å². The lowest BCUT2D eigenvalue weighted by Gasteiger charge is -2.40. The highest BCUT2D eigenvalue weighted by atomic mass is 32.2. The van der Waals surface area contributed by atoms with E-state index in [2.05, 4.69) is 60.9 Å². The first-order valence-corrected chi connectivity index (χ1v) is 10.0. The van der Waals surface area contributed by atoms with Gasteiger partial charge in [-0.15, -0.1) is 0 Å². The third-order valence-electron chi connectivity index (χ3n) is 4.71. The zero-order valence-electron chi connectivity index (χ0n) is 15.0. The van der Waals surface area contributed by atoms with Crippen LogP contribution in [0.25, 0.3) is 0 Å². The molecule has 0 bridgehead atoms. The fraction of sp³-hybridized carbons (Fsp3) is 0.350. The molecule has 2 aromatic rings. The van der Waals surface area contributed by atoms with Gasteiger partial charge >= 0.3 is 0 Å². The van der Waals surface area contributed by atoms with Crippen molar-refractivity contribution in [2.45, 2.75) is 36.6 Å². The van der Waals surface area contributed by atoms with E-state index in [1.54, 1.807) is 11.8 Å². The van der Waals surface area contributed by atoms with Crippen LogP contribution in [0.5, 0.6) is 0 Å². The van der Waals surface area contributed by atoms with Gasteiger partial charge in [0, 0.05) is 27.9 Å². The number of hydrogen-bond acceptors (Lipinski definition) is 4. The number of fused-ring (bicyclic) bond motifs is 2. The minimum Gasteiger partial charge on any atom is -0.389 e. The molecule has 1 unspecified atom stereocenters. The second-order valence-electron chi connectivity index (χ2n) is 6.29. The van der Waals surface area contributed by atoms with E-state index in [0.29, 0.717) is 11.0 Å². The van der Waals surface area contributed by atoms with Crippen molar-refractivity contribution in [3.05, 3.63) is 48.0 Å². The summed E-state index contributed by atoms with van der Waals surface area (Å²) in [6, 6.07) is 15.1. The van der Waals surface area contributed by atoms with E-state index in [1.807, 2.05) is 12.1 Å². The van der Waals surface area contributed by atoms with Gasteiger partial charge in [-0.05, 0) is 44.3 Å². The summed E-state index contributed by atoms with van der Waals surface area (Å²) in [7, 11) is 0. The first-order chi connectivity index (χ1) is 12.1. The molecule has 5 heteroatoms. The van der Waals surface area contributed by atoms with E-state index in [0.717, 1.165) is 30.9 Å². The summed E-state index contributed by atoms with van der Waals surface area (Å²) >= 11 is 7.15. The lowest BCUT2D eigenvalue weighted by molar-refractivity contribution is 0.288. The van der Waals surface area contributed by atoms with Crippen molar-refractivity contribution in [1.82, 2.24) is 4.90 Å². The molecule has 1 atom stereocenters. The predicted molar refractivity (Wildman–Crippen MR) is 112 cm³/mol. The molecule has 3 rings (SSSR count). The first-order valence-electron chi connectivity index (χ1n) is 8.78. The molecule has 132 valence electrons. The van der Waals surface area contributed by atoms with Gasteiger partial charge in [-0.3, -0.25) is 0 Å². The van der Waals surface area contributed by atoms with Crippen LogP contribution in [-0.2, 0) is 0 Å². The van der Waals surface area contributed by atoms with Crippen LogP contribution in [0.2, 0.25) is 0 Å². The van der Waals surface area contributed by atoms with Gasteiger partial charge < -0.3 is 15.5 Å². The molecule has 0 saturated carbocycles. The minimum atomic E-state index is 0.316. The maximum absolute atomic E-state index is 6.06. The molecule has 1 aliphatic heterocycles. The number of rotatable bonds is 6. The standard InChI is InChI=1S/C20H25N3S2/c1-4-22(5-2)13-14(3)23-16-10-6-7-11-17(16)25-18-12-8-9-15(19(18)23)20(21)24/h6-12,14H,4-5,13H2,1-3H3,(H2,21,24). The normalized spacial score (nSPS) is 14.2. The minimum absolute atomic E-state index is 0.316. The Kier molecular flexibility index (Phi) is 5.67. The second kappa shape index (κ2) is 7.77. The molecule has 1 aliphatic rings. The van der Waals surface area contributed by atoms with E-state index < -0.39 is 0 Å². The monoisotopic (exact) mass is 371 g/mol. The highest BCUT2D eigenvalue weighted by molar-refractivity contribution is 7.99. The number of likely N-dealkylation sites (N-methyl/N-ethyl adjacent to an activating group) is 1. The molecule has 0 aliphatic carbocycles. The van der Waals surface area contributed by atoms with Gasteiger partial charge in [-0.2, -0.15) is 0 Å². The van der Waals surface area contributed by atoms with Gasteiger partial charge in [0.2, 0.25) is 0 Å². The number of para-hydroxylation sites is 2. The topological polar surface area (TPSA) is 32.5 Å². The van der Waals surface area contributed by atoms with Crippen LogP contribution in [0.4, 0.5) is 11.4 Å². The van der Waals surface area contributed by atoms with Gasteiger partial charge in [0.15, 0.2) is 0 Å². The Morgan fingerprint density at radius 3 is 2.48 bits per heavy atom. The van der Waals surface area contributed by atoms with Crippen LogP contribution in [0.15, 0.2) is 52.3 Å². The zero-order chi connectivity index (χ0) is 18.0. The fourth-order valence-electron chi connectivity index (χ4n) is 3.43. The van der Waals surface area contributed by atoms with Crippen LogP contribution in [0.1, 0.15) is 26.3 Å². The molecule has 1 heterocycles. The fourth-order valence-corrected chi connectivity index (χ4v) is 4.70. The van der Waals surface area contributed by atoms with Crippen molar-refractivity contribution >= 4 is 40.3 Å². The SMILES string of the molecule is CCN(CC)CC(C)N1c2ccccc2Sc2cccc(C(N)=S)c21. The van der Waals surface area contributed by atoms with E-state index in [1.165, 1.54) is 15.5 Å². The quantitative estimate of drug-likeness (QED) is 0.747. The molecule has 0 aromatic heterocycles. The van der Waals surface area contributed by atoms with Crippen LogP contribution < -0.4 is 10.6 Å². The number of anilines is 2. The Morgan fingerprint density at radius 2 is 1.80 bits per heavy atom. The molecule has 2 N–H and O–H groups in total. The highest BCUT2D eigenvalue weighted by Crippen LogP contribution is 2.50. The number of thiocarbonyl (C=S) groups is 1. The average molecular weight is 372 g/mol. The summed E-state index contributed by atoms with van der Waals surface area (Å²) in [5, 5.41) is 0. The Morgan fingerprint density at radius 1 is 1.12 bits per heavy atom. The van der Waals surface area contributed by atoms with E-state index in [-0.39, 0.29) is 0 Å². The number of hydrogen-bond donors (Lipinski definition) is 1. The van der Waals surface area contributed by atoms with Crippen molar-refractivity contribution in [1.29, 1.82) is 0 Å². The largest absolute Gasteiger partial charge is 0.389 e. The van der Waals surface area contributed by atoms with Gasteiger partial charge in [0.25, 0.3) is 0 Å². The van der Waals surface area contributed by atoms with Crippen LogP contribution in [0.3, 0.4) is 0 Å². The van der Waals surface area contributed by atoms with E-state index >= 15 is 0 Å². The zero-order valence-corrected chi connectivity index (χ0v) is 16.7.